The summed E-state index contributed by atoms with van der Waals surface area (Å²) in [7, 11) is 0. The Morgan fingerprint density at radius 2 is 1.76 bits per heavy atom. The second kappa shape index (κ2) is 7.60. The van der Waals surface area contributed by atoms with Gasteiger partial charge in [-0.2, -0.15) is 10.2 Å². The van der Waals surface area contributed by atoms with Gasteiger partial charge < -0.3 is 4.90 Å². The van der Waals surface area contributed by atoms with Crippen molar-refractivity contribution in [2.75, 3.05) is 18.0 Å². The van der Waals surface area contributed by atoms with E-state index in [2.05, 4.69) is 41.1 Å². The van der Waals surface area contributed by atoms with E-state index in [1.807, 2.05) is 18.2 Å². The summed E-state index contributed by atoms with van der Waals surface area (Å²) >= 11 is 0. The van der Waals surface area contributed by atoms with Gasteiger partial charge in [0.05, 0.1) is 11.4 Å². The lowest BCUT2D eigenvalue weighted by atomic mass is 10.00. The number of ketones is 1. The van der Waals surface area contributed by atoms with Crippen molar-refractivity contribution in [1.29, 1.82) is 0 Å². The number of carbonyl (C=O) groups is 1. The van der Waals surface area contributed by atoms with Crippen molar-refractivity contribution in [3.8, 4) is 0 Å². The van der Waals surface area contributed by atoms with E-state index >= 15 is 0 Å². The van der Waals surface area contributed by atoms with E-state index in [4.69, 9.17) is 0 Å². The molecular formula is C21H25N3O. The standard InChI is InChI=1S/C21H25N3O/c1-15(2)14-24-12-4-5-18-13-20(10-11-21(18)24)23-22-19-8-6-17(7-9-19)16(3)25/h6-11,13,15H,4-5,12,14H2,1-3H3. The zero-order valence-corrected chi connectivity index (χ0v) is 15.2. The van der Waals surface area contributed by atoms with Crippen LogP contribution in [-0.4, -0.2) is 18.9 Å². The van der Waals surface area contributed by atoms with Gasteiger partial charge in [-0.25, -0.2) is 0 Å². The van der Waals surface area contributed by atoms with Crippen LogP contribution in [0.5, 0.6) is 0 Å². The van der Waals surface area contributed by atoms with Gasteiger partial charge in [0.2, 0.25) is 0 Å². The Morgan fingerprint density at radius 3 is 2.44 bits per heavy atom. The fourth-order valence-electron chi connectivity index (χ4n) is 3.23. The molecule has 0 amide bonds. The Hall–Kier alpha value is -2.49. The maximum atomic E-state index is 11.3. The van der Waals surface area contributed by atoms with E-state index in [-0.39, 0.29) is 5.78 Å². The number of nitrogens with zero attached hydrogens (tertiary/aromatic N) is 3. The molecule has 1 aliphatic heterocycles. The normalized spacial score (nSPS) is 14.2. The average molecular weight is 335 g/mol. The minimum Gasteiger partial charge on any atom is -0.371 e. The van der Waals surface area contributed by atoms with E-state index in [0.717, 1.165) is 30.9 Å². The Labute approximate surface area is 149 Å². The minimum atomic E-state index is 0.0594. The van der Waals surface area contributed by atoms with Crippen LogP contribution < -0.4 is 4.90 Å². The molecule has 0 radical (unpaired) electrons. The largest absolute Gasteiger partial charge is 0.371 e. The monoisotopic (exact) mass is 335 g/mol. The number of benzene rings is 2. The van der Waals surface area contributed by atoms with Gasteiger partial charge >= 0.3 is 0 Å². The van der Waals surface area contributed by atoms with E-state index in [0.29, 0.717) is 11.5 Å². The summed E-state index contributed by atoms with van der Waals surface area (Å²) in [5.74, 6) is 0.715. The zero-order valence-electron chi connectivity index (χ0n) is 15.2. The van der Waals surface area contributed by atoms with Crippen molar-refractivity contribution in [3.05, 3.63) is 53.6 Å². The number of anilines is 1. The molecule has 0 N–H and O–H groups in total. The molecule has 0 saturated heterocycles. The van der Waals surface area contributed by atoms with Gasteiger partial charge in [-0.1, -0.05) is 13.8 Å². The van der Waals surface area contributed by atoms with E-state index < -0.39 is 0 Å². The number of carbonyl (C=O) groups excluding carboxylic acids is 1. The maximum absolute atomic E-state index is 11.3. The second-order valence-corrected chi connectivity index (χ2v) is 7.06. The summed E-state index contributed by atoms with van der Waals surface area (Å²) in [4.78, 5) is 13.8. The molecule has 25 heavy (non-hydrogen) atoms. The Balaban J connectivity index is 1.76. The van der Waals surface area contributed by atoms with Gasteiger partial charge in [0.1, 0.15) is 0 Å². The third kappa shape index (κ3) is 4.32. The number of azo groups is 1. The predicted molar refractivity (Wildman–Crippen MR) is 102 cm³/mol. The molecule has 4 nitrogen and oxygen atoms in total. The SMILES string of the molecule is CC(=O)c1ccc(N=Nc2ccc3c(c2)CCCN3CC(C)C)cc1. The van der Waals surface area contributed by atoms with E-state index in [9.17, 15) is 4.79 Å². The third-order valence-electron chi connectivity index (χ3n) is 4.42. The maximum Gasteiger partial charge on any atom is 0.159 e. The highest BCUT2D eigenvalue weighted by Crippen LogP contribution is 2.31. The minimum absolute atomic E-state index is 0.0594. The second-order valence-electron chi connectivity index (χ2n) is 7.06. The first kappa shape index (κ1) is 17.3. The number of Topliss-reactive ketones (excluding diaryl/α,β-unsaturated/α-hetero) is 1. The molecule has 130 valence electrons. The zero-order chi connectivity index (χ0) is 17.8. The van der Waals surface area contributed by atoms with Gasteiger partial charge in [-0.15, -0.1) is 0 Å². The van der Waals surface area contributed by atoms with Crippen molar-refractivity contribution in [2.45, 2.75) is 33.6 Å². The Morgan fingerprint density at radius 1 is 1.08 bits per heavy atom. The topological polar surface area (TPSA) is 45.0 Å². The molecule has 0 spiro atoms. The molecule has 0 bridgehead atoms. The average Bonchev–Trinajstić information content (AvgIpc) is 2.60. The predicted octanol–water partition coefficient (Wildman–Crippen LogP) is 5.71. The molecule has 0 atom stereocenters. The molecule has 0 aromatic heterocycles. The fourth-order valence-corrected chi connectivity index (χ4v) is 3.23. The summed E-state index contributed by atoms with van der Waals surface area (Å²) < 4.78 is 0. The highest BCUT2D eigenvalue weighted by atomic mass is 16.1. The first-order valence-electron chi connectivity index (χ1n) is 8.93. The van der Waals surface area contributed by atoms with Crippen LogP contribution in [-0.2, 0) is 6.42 Å². The third-order valence-corrected chi connectivity index (χ3v) is 4.42. The van der Waals surface area contributed by atoms with E-state index in [1.54, 1.807) is 19.1 Å². The molecule has 3 rings (SSSR count). The van der Waals surface area contributed by atoms with Gasteiger partial charge in [0.25, 0.3) is 0 Å². The number of fused-ring (bicyclic) bond motifs is 1. The van der Waals surface area contributed by atoms with Crippen LogP contribution in [0.3, 0.4) is 0 Å². The summed E-state index contributed by atoms with van der Waals surface area (Å²) in [6.07, 6.45) is 2.29. The lowest BCUT2D eigenvalue weighted by Crippen LogP contribution is -2.32. The van der Waals surface area contributed by atoms with Crippen LogP contribution in [0.1, 0.15) is 43.1 Å². The Kier molecular flexibility index (Phi) is 5.27. The van der Waals surface area contributed by atoms with Gasteiger partial charge in [0.15, 0.2) is 5.78 Å². The van der Waals surface area contributed by atoms with Crippen LogP contribution >= 0.6 is 0 Å². The van der Waals surface area contributed by atoms with Crippen molar-refractivity contribution in [2.24, 2.45) is 16.1 Å². The lowest BCUT2D eigenvalue weighted by molar-refractivity contribution is 0.101. The molecule has 1 aliphatic rings. The highest BCUT2D eigenvalue weighted by Gasteiger charge is 2.17. The van der Waals surface area contributed by atoms with Gasteiger partial charge in [-0.05, 0) is 73.7 Å². The van der Waals surface area contributed by atoms with Crippen molar-refractivity contribution in [1.82, 2.24) is 0 Å². The van der Waals surface area contributed by atoms with Crippen LogP contribution in [0.25, 0.3) is 0 Å². The fraction of sp³-hybridized carbons (Fsp3) is 0.381. The molecule has 0 aliphatic carbocycles. The van der Waals surface area contributed by atoms with Crippen LogP contribution in [0, 0.1) is 5.92 Å². The lowest BCUT2D eigenvalue weighted by Gasteiger charge is -2.32. The molecule has 2 aromatic rings. The number of rotatable bonds is 5. The molecule has 0 fully saturated rings. The van der Waals surface area contributed by atoms with Gasteiger partial charge in [-0.3, -0.25) is 4.79 Å². The molecule has 4 heteroatoms. The molecule has 0 unspecified atom stereocenters. The number of hydrogen-bond donors (Lipinski definition) is 0. The Bertz CT molecular complexity index is 778. The summed E-state index contributed by atoms with van der Waals surface area (Å²) in [5, 5.41) is 8.66. The summed E-state index contributed by atoms with van der Waals surface area (Å²) in [5.41, 5.74) is 5.02. The van der Waals surface area contributed by atoms with Crippen LogP contribution in [0.15, 0.2) is 52.7 Å². The smallest absolute Gasteiger partial charge is 0.159 e. The van der Waals surface area contributed by atoms with Crippen molar-refractivity contribution < 1.29 is 4.79 Å². The molecule has 1 heterocycles. The number of hydrogen-bond acceptors (Lipinski definition) is 4. The first-order chi connectivity index (χ1) is 12.0. The van der Waals surface area contributed by atoms with E-state index in [1.165, 1.54) is 17.7 Å². The molecular weight excluding hydrogens is 310 g/mol. The van der Waals surface area contributed by atoms with Crippen LogP contribution in [0.4, 0.5) is 17.1 Å². The van der Waals surface area contributed by atoms with Crippen molar-refractivity contribution in [3.63, 3.8) is 0 Å². The van der Waals surface area contributed by atoms with Crippen LogP contribution in [0.2, 0.25) is 0 Å². The number of aryl methyl sites for hydroxylation is 1. The summed E-state index contributed by atoms with van der Waals surface area (Å²) in [6, 6.07) is 13.6. The van der Waals surface area contributed by atoms with Crippen molar-refractivity contribution >= 4 is 22.8 Å². The van der Waals surface area contributed by atoms with Gasteiger partial charge in [0, 0.05) is 24.3 Å². The summed E-state index contributed by atoms with van der Waals surface area (Å²) in [6.45, 7) is 8.31. The first-order valence-corrected chi connectivity index (χ1v) is 8.93. The molecule has 0 saturated carbocycles. The quantitative estimate of drug-likeness (QED) is 0.518. The molecule has 2 aromatic carbocycles. The highest BCUT2D eigenvalue weighted by molar-refractivity contribution is 5.94.